The molecule has 0 bridgehead atoms. The van der Waals surface area contributed by atoms with Crippen molar-refractivity contribution in [3.05, 3.63) is 15.1 Å². The van der Waals surface area contributed by atoms with Gasteiger partial charge in [0.1, 0.15) is 12.4 Å². The molecule has 0 aliphatic heterocycles. The largest absolute Gasteiger partial charge is 0.378 e. The Balaban J connectivity index is 2.94. The van der Waals surface area contributed by atoms with Crippen molar-refractivity contribution in [2.75, 3.05) is 25.6 Å². The number of ether oxygens (including phenoxy) is 2. The van der Waals surface area contributed by atoms with E-state index in [9.17, 15) is 0 Å². The lowest BCUT2D eigenvalue weighted by Gasteiger charge is -2.12. The SMILES string of the molecule is CCCNc1nc(COCC)nc(COC)c1I. The van der Waals surface area contributed by atoms with Crippen LogP contribution in [-0.4, -0.2) is 30.2 Å². The third kappa shape index (κ3) is 4.66. The summed E-state index contributed by atoms with van der Waals surface area (Å²) in [5, 5.41) is 3.31. The van der Waals surface area contributed by atoms with E-state index in [1.807, 2.05) is 6.92 Å². The van der Waals surface area contributed by atoms with Crippen molar-refractivity contribution in [1.29, 1.82) is 0 Å². The van der Waals surface area contributed by atoms with Crippen LogP contribution in [0.5, 0.6) is 0 Å². The molecule has 0 spiro atoms. The molecule has 0 saturated heterocycles. The van der Waals surface area contributed by atoms with Gasteiger partial charge in [-0.05, 0) is 35.9 Å². The van der Waals surface area contributed by atoms with E-state index < -0.39 is 0 Å². The molecule has 102 valence electrons. The second-order valence-electron chi connectivity index (χ2n) is 3.75. The van der Waals surface area contributed by atoms with Crippen LogP contribution >= 0.6 is 22.6 Å². The molecule has 0 aliphatic carbocycles. The summed E-state index contributed by atoms with van der Waals surface area (Å²) in [4.78, 5) is 8.94. The third-order valence-electron chi connectivity index (χ3n) is 2.22. The molecule has 18 heavy (non-hydrogen) atoms. The van der Waals surface area contributed by atoms with Crippen LogP contribution in [0.4, 0.5) is 5.82 Å². The quantitative estimate of drug-likeness (QED) is 0.718. The lowest BCUT2D eigenvalue weighted by Crippen LogP contribution is -2.12. The highest BCUT2D eigenvalue weighted by Crippen LogP contribution is 2.20. The molecule has 0 fully saturated rings. The maximum Gasteiger partial charge on any atom is 0.156 e. The van der Waals surface area contributed by atoms with Crippen LogP contribution in [0.15, 0.2) is 0 Å². The summed E-state index contributed by atoms with van der Waals surface area (Å²) in [5.41, 5.74) is 0.904. The third-order valence-corrected chi connectivity index (χ3v) is 3.36. The van der Waals surface area contributed by atoms with Crippen LogP contribution in [0.1, 0.15) is 31.8 Å². The van der Waals surface area contributed by atoms with Gasteiger partial charge in [0.2, 0.25) is 0 Å². The smallest absolute Gasteiger partial charge is 0.156 e. The predicted molar refractivity (Wildman–Crippen MR) is 79.6 cm³/mol. The van der Waals surface area contributed by atoms with E-state index in [-0.39, 0.29) is 0 Å². The molecular weight excluding hydrogens is 345 g/mol. The molecule has 0 radical (unpaired) electrons. The number of hydrogen-bond donors (Lipinski definition) is 1. The fraction of sp³-hybridized carbons (Fsp3) is 0.667. The number of halogens is 1. The van der Waals surface area contributed by atoms with Crippen LogP contribution in [0.3, 0.4) is 0 Å². The van der Waals surface area contributed by atoms with Crippen LogP contribution < -0.4 is 5.32 Å². The zero-order valence-electron chi connectivity index (χ0n) is 11.1. The van der Waals surface area contributed by atoms with Gasteiger partial charge < -0.3 is 14.8 Å². The Kier molecular flexibility index (Phi) is 7.45. The van der Waals surface area contributed by atoms with Crippen molar-refractivity contribution in [1.82, 2.24) is 9.97 Å². The molecule has 0 aromatic carbocycles. The average molecular weight is 365 g/mol. The molecule has 1 heterocycles. The molecule has 1 aromatic heterocycles. The van der Waals surface area contributed by atoms with Gasteiger partial charge in [0.15, 0.2) is 5.82 Å². The fourth-order valence-corrected chi connectivity index (χ4v) is 1.98. The van der Waals surface area contributed by atoms with Crippen LogP contribution in [0, 0.1) is 3.57 Å². The number of nitrogens with zero attached hydrogens (tertiary/aromatic N) is 2. The monoisotopic (exact) mass is 365 g/mol. The fourth-order valence-electron chi connectivity index (χ4n) is 1.40. The molecule has 0 unspecified atom stereocenters. The van der Waals surface area contributed by atoms with E-state index in [4.69, 9.17) is 9.47 Å². The van der Waals surface area contributed by atoms with Gasteiger partial charge in [0.25, 0.3) is 0 Å². The Morgan fingerprint density at radius 3 is 2.61 bits per heavy atom. The molecule has 0 amide bonds. The van der Waals surface area contributed by atoms with Crippen molar-refractivity contribution in [3.8, 4) is 0 Å². The van der Waals surface area contributed by atoms with Gasteiger partial charge in [-0.25, -0.2) is 9.97 Å². The predicted octanol–water partition coefficient (Wildman–Crippen LogP) is 2.59. The summed E-state index contributed by atoms with van der Waals surface area (Å²) in [7, 11) is 1.67. The Hall–Kier alpha value is -0.470. The van der Waals surface area contributed by atoms with Gasteiger partial charge in [-0.15, -0.1) is 0 Å². The highest BCUT2D eigenvalue weighted by molar-refractivity contribution is 14.1. The second kappa shape index (κ2) is 8.60. The molecule has 1 aromatic rings. The zero-order chi connectivity index (χ0) is 13.4. The van der Waals surface area contributed by atoms with Crippen molar-refractivity contribution in [2.45, 2.75) is 33.5 Å². The number of rotatable bonds is 8. The first-order valence-electron chi connectivity index (χ1n) is 6.08. The standard InChI is InChI=1S/C12H20IN3O2/c1-4-6-14-12-11(13)9(7-17-3)15-10(16-12)8-18-5-2/h4-8H2,1-3H3,(H,14,15,16). The van der Waals surface area contributed by atoms with Crippen LogP contribution in [0.25, 0.3) is 0 Å². The van der Waals surface area contributed by atoms with Gasteiger partial charge in [-0.3, -0.25) is 0 Å². The Morgan fingerprint density at radius 2 is 2.00 bits per heavy atom. The molecule has 5 nitrogen and oxygen atoms in total. The summed E-state index contributed by atoms with van der Waals surface area (Å²) >= 11 is 2.25. The highest BCUT2D eigenvalue weighted by Gasteiger charge is 2.11. The number of nitrogens with one attached hydrogen (secondary N) is 1. The van der Waals surface area contributed by atoms with Gasteiger partial charge in [-0.1, -0.05) is 6.92 Å². The van der Waals surface area contributed by atoms with E-state index in [0.29, 0.717) is 25.6 Å². The number of aromatic nitrogens is 2. The first-order chi connectivity index (χ1) is 8.72. The minimum absolute atomic E-state index is 0.435. The summed E-state index contributed by atoms with van der Waals surface area (Å²) < 4.78 is 11.5. The molecule has 1 rings (SSSR count). The Bertz CT molecular complexity index is 375. The highest BCUT2D eigenvalue weighted by atomic mass is 127. The van der Waals surface area contributed by atoms with Crippen LogP contribution in [-0.2, 0) is 22.7 Å². The maximum absolute atomic E-state index is 5.36. The summed E-state index contributed by atoms with van der Waals surface area (Å²) in [6, 6.07) is 0. The van der Waals surface area contributed by atoms with Gasteiger partial charge in [0.05, 0.1) is 15.9 Å². The normalized spacial score (nSPS) is 10.7. The second-order valence-corrected chi connectivity index (χ2v) is 4.82. The first kappa shape index (κ1) is 15.6. The molecule has 0 atom stereocenters. The lowest BCUT2D eigenvalue weighted by atomic mass is 10.3. The molecule has 0 saturated carbocycles. The molecule has 1 N–H and O–H groups in total. The number of methoxy groups -OCH3 is 1. The summed E-state index contributed by atoms with van der Waals surface area (Å²) in [6.45, 7) is 6.56. The lowest BCUT2D eigenvalue weighted by molar-refractivity contribution is 0.127. The van der Waals surface area contributed by atoms with E-state index in [0.717, 1.165) is 28.0 Å². The van der Waals surface area contributed by atoms with Crippen molar-refractivity contribution >= 4 is 28.4 Å². The van der Waals surface area contributed by atoms with Crippen molar-refractivity contribution in [2.24, 2.45) is 0 Å². The molecular formula is C12H20IN3O2. The van der Waals surface area contributed by atoms with E-state index in [1.165, 1.54) is 0 Å². The minimum atomic E-state index is 0.435. The van der Waals surface area contributed by atoms with Crippen molar-refractivity contribution < 1.29 is 9.47 Å². The Morgan fingerprint density at radius 1 is 1.22 bits per heavy atom. The molecule has 6 heteroatoms. The van der Waals surface area contributed by atoms with Crippen molar-refractivity contribution in [3.63, 3.8) is 0 Å². The molecule has 0 aliphatic rings. The number of anilines is 1. The zero-order valence-corrected chi connectivity index (χ0v) is 13.3. The van der Waals surface area contributed by atoms with Gasteiger partial charge in [0, 0.05) is 20.3 Å². The van der Waals surface area contributed by atoms with E-state index >= 15 is 0 Å². The topological polar surface area (TPSA) is 56.3 Å². The van der Waals surface area contributed by atoms with Gasteiger partial charge >= 0.3 is 0 Å². The van der Waals surface area contributed by atoms with E-state index in [1.54, 1.807) is 7.11 Å². The Labute approximate surface area is 122 Å². The number of hydrogen-bond acceptors (Lipinski definition) is 5. The van der Waals surface area contributed by atoms with Crippen LogP contribution in [0.2, 0.25) is 0 Å². The maximum atomic E-state index is 5.36. The average Bonchev–Trinajstić information content (AvgIpc) is 2.38. The summed E-state index contributed by atoms with van der Waals surface area (Å²) in [5.74, 6) is 1.57. The van der Waals surface area contributed by atoms with Gasteiger partial charge in [-0.2, -0.15) is 0 Å². The summed E-state index contributed by atoms with van der Waals surface area (Å²) in [6.07, 6.45) is 1.06. The van der Waals surface area contributed by atoms with E-state index in [2.05, 4.69) is 44.8 Å². The minimum Gasteiger partial charge on any atom is -0.378 e. The first-order valence-corrected chi connectivity index (χ1v) is 7.16.